The summed E-state index contributed by atoms with van der Waals surface area (Å²) in [5.41, 5.74) is 1.80. The normalized spacial score (nSPS) is 11.7. The highest BCUT2D eigenvalue weighted by Gasteiger charge is 2.19. The monoisotopic (exact) mass is 368 g/mol. The molecule has 0 saturated carbocycles. The van der Waals surface area contributed by atoms with Crippen LogP contribution in [0.3, 0.4) is 0 Å². The van der Waals surface area contributed by atoms with E-state index < -0.39 is 6.04 Å². The van der Waals surface area contributed by atoms with Gasteiger partial charge in [-0.15, -0.1) is 10.2 Å². The molecular formula is C18H17FN6O2. The van der Waals surface area contributed by atoms with Gasteiger partial charge in [-0.05, 0) is 60.7 Å². The molecule has 2 aromatic carbocycles. The van der Waals surface area contributed by atoms with E-state index in [1.54, 1.807) is 31.2 Å². The third kappa shape index (κ3) is 4.51. The maximum Gasteiger partial charge on any atom is 0.250 e. The number of nitrogens with zero attached hydrogens (tertiary/aromatic N) is 4. The van der Waals surface area contributed by atoms with E-state index in [1.807, 2.05) is 0 Å². The fourth-order valence-corrected chi connectivity index (χ4v) is 2.30. The standard InChI is InChI=1S/C18H17FN6O2/c1-11(18(27)21-16-9-7-15(8-10-16)20-12(2)26)25-23-17(22-24-25)13-3-5-14(19)6-4-13/h3-11H,1-2H3,(H,20,26)(H,21,27)/t11-/m1/s1. The summed E-state index contributed by atoms with van der Waals surface area (Å²) in [5, 5.41) is 17.4. The molecule has 0 spiro atoms. The number of nitrogens with one attached hydrogen (secondary N) is 2. The van der Waals surface area contributed by atoms with Crippen molar-refractivity contribution < 1.29 is 14.0 Å². The van der Waals surface area contributed by atoms with E-state index in [0.29, 0.717) is 22.8 Å². The predicted octanol–water partition coefficient (Wildman–Crippen LogP) is 2.64. The van der Waals surface area contributed by atoms with Crippen molar-refractivity contribution in [2.75, 3.05) is 10.6 Å². The number of hydrogen-bond acceptors (Lipinski definition) is 5. The molecule has 0 aliphatic rings. The van der Waals surface area contributed by atoms with Crippen molar-refractivity contribution in [1.82, 2.24) is 20.2 Å². The SMILES string of the molecule is CC(=O)Nc1ccc(NC(=O)[C@@H](C)n2nnc(-c3ccc(F)cc3)n2)cc1. The van der Waals surface area contributed by atoms with Crippen LogP contribution in [0, 0.1) is 5.82 Å². The van der Waals surface area contributed by atoms with Crippen LogP contribution < -0.4 is 10.6 Å². The van der Waals surface area contributed by atoms with Crippen LogP contribution in [0.4, 0.5) is 15.8 Å². The third-order valence-corrected chi connectivity index (χ3v) is 3.73. The molecule has 2 N–H and O–H groups in total. The van der Waals surface area contributed by atoms with E-state index in [0.717, 1.165) is 0 Å². The van der Waals surface area contributed by atoms with Crippen molar-refractivity contribution in [2.45, 2.75) is 19.9 Å². The molecule has 0 saturated heterocycles. The van der Waals surface area contributed by atoms with Crippen LogP contribution in [-0.4, -0.2) is 32.0 Å². The Hall–Kier alpha value is -3.62. The van der Waals surface area contributed by atoms with E-state index in [1.165, 1.54) is 36.0 Å². The summed E-state index contributed by atoms with van der Waals surface area (Å²) in [5.74, 6) is -0.558. The average Bonchev–Trinajstić information content (AvgIpc) is 3.13. The van der Waals surface area contributed by atoms with Gasteiger partial charge in [0.25, 0.3) is 5.91 Å². The molecule has 0 unspecified atom stereocenters. The lowest BCUT2D eigenvalue weighted by Gasteiger charge is -2.11. The lowest BCUT2D eigenvalue weighted by atomic mass is 10.2. The minimum Gasteiger partial charge on any atom is -0.326 e. The van der Waals surface area contributed by atoms with Crippen LogP contribution in [-0.2, 0) is 9.59 Å². The first-order valence-corrected chi connectivity index (χ1v) is 8.16. The van der Waals surface area contributed by atoms with Crippen LogP contribution in [0.1, 0.15) is 19.9 Å². The summed E-state index contributed by atoms with van der Waals surface area (Å²) in [6.07, 6.45) is 0. The Labute approximate surface area is 154 Å². The molecule has 9 heteroatoms. The Morgan fingerprint density at radius 2 is 1.59 bits per heavy atom. The van der Waals surface area contributed by atoms with Gasteiger partial charge < -0.3 is 10.6 Å². The predicted molar refractivity (Wildman–Crippen MR) is 97.3 cm³/mol. The number of benzene rings is 2. The summed E-state index contributed by atoms with van der Waals surface area (Å²) >= 11 is 0. The van der Waals surface area contributed by atoms with E-state index in [2.05, 4.69) is 26.0 Å². The number of rotatable bonds is 5. The molecule has 1 atom stereocenters. The van der Waals surface area contributed by atoms with Gasteiger partial charge in [-0.25, -0.2) is 4.39 Å². The Balaban J connectivity index is 1.67. The molecule has 2 amide bonds. The first-order chi connectivity index (χ1) is 12.9. The van der Waals surface area contributed by atoms with Gasteiger partial charge in [-0.1, -0.05) is 0 Å². The topological polar surface area (TPSA) is 102 Å². The van der Waals surface area contributed by atoms with Gasteiger partial charge in [0.1, 0.15) is 11.9 Å². The molecular weight excluding hydrogens is 351 g/mol. The van der Waals surface area contributed by atoms with Crippen molar-refractivity contribution in [2.24, 2.45) is 0 Å². The van der Waals surface area contributed by atoms with Gasteiger partial charge in [0.2, 0.25) is 11.7 Å². The maximum atomic E-state index is 13.0. The summed E-state index contributed by atoms with van der Waals surface area (Å²) in [6, 6.07) is 11.7. The molecule has 3 aromatic rings. The molecule has 8 nitrogen and oxygen atoms in total. The molecule has 1 aromatic heterocycles. The lowest BCUT2D eigenvalue weighted by Crippen LogP contribution is -2.25. The number of tetrazole rings is 1. The molecule has 0 bridgehead atoms. The Kier molecular flexibility index (Phi) is 5.20. The van der Waals surface area contributed by atoms with Crippen LogP contribution in [0.2, 0.25) is 0 Å². The smallest absolute Gasteiger partial charge is 0.250 e. The molecule has 138 valence electrons. The zero-order chi connectivity index (χ0) is 19.4. The van der Waals surface area contributed by atoms with Gasteiger partial charge in [-0.2, -0.15) is 4.80 Å². The fraction of sp³-hybridized carbons (Fsp3) is 0.167. The van der Waals surface area contributed by atoms with Gasteiger partial charge in [0.05, 0.1) is 0 Å². The molecule has 3 rings (SSSR count). The first-order valence-electron chi connectivity index (χ1n) is 8.16. The van der Waals surface area contributed by atoms with Gasteiger partial charge in [0.15, 0.2) is 0 Å². The summed E-state index contributed by atoms with van der Waals surface area (Å²) < 4.78 is 13.0. The van der Waals surface area contributed by atoms with E-state index in [9.17, 15) is 14.0 Å². The van der Waals surface area contributed by atoms with Crippen molar-refractivity contribution in [1.29, 1.82) is 0 Å². The number of amides is 2. The van der Waals surface area contributed by atoms with Crippen molar-refractivity contribution >= 4 is 23.2 Å². The van der Waals surface area contributed by atoms with Crippen LogP contribution >= 0.6 is 0 Å². The maximum absolute atomic E-state index is 13.0. The summed E-state index contributed by atoms with van der Waals surface area (Å²) in [7, 11) is 0. The summed E-state index contributed by atoms with van der Waals surface area (Å²) in [4.78, 5) is 24.6. The minimum atomic E-state index is -0.707. The van der Waals surface area contributed by atoms with Crippen LogP contribution in [0.15, 0.2) is 48.5 Å². The Morgan fingerprint density at radius 1 is 1.00 bits per heavy atom. The quantitative estimate of drug-likeness (QED) is 0.721. The van der Waals surface area contributed by atoms with Gasteiger partial charge in [-0.3, -0.25) is 9.59 Å². The average molecular weight is 368 g/mol. The van der Waals surface area contributed by atoms with E-state index in [-0.39, 0.29) is 17.6 Å². The zero-order valence-corrected chi connectivity index (χ0v) is 14.7. The number of hydrogen-bond donors (Lipinski definition) is 2. The summed E-state index contributed by atoms with van der Waals surface area (Å²) in [6.45, 7) is 3.06. The van der Waals surface area contributed by atoms with E-state index in [4.69, 9.17) is 0 Å². The van der Waals surface area contributed by atoms with Crippen LogP contribution in [0.5, 0.6) is 0 Å². The second-order valence-electron chi connectivity index (χ2n) is 5.86. The second kappa shape index (κ2) is 7.73. The highest BCUT2D eigenvalue weighted by atomic mass is 19.1. The number of aromatic nitrogens is 4. The van der Waals surface area contributed by atoms with Crippen molar-refractivity contribution in [3.8, 4) is 11.4 Å². The number of carbonyl (C=O) groups is 2. The number of carbonyl (C=O) groups excluding carboxylic acids is 2. The highest BCUT2D eigenvalue weighted by Crippen LogP contribution is 2.17. The number of halogens is 1. The molecule has 0 aliphatic carbocycles. The fourth-order valence-electron chi connectivity index (χ4n) is 2.30. The molecule has 0 radical (unpaired) electrons. The second-order valence-corrected chi connectivity index (χ2v) is 5.86. The van der Waals surface area contributed by atoms with Gasteiger partial charge >= 0.3 is 0 Å². The Bertz CT molecular complexity index is 953. The highest BCUT2D eigenvalue weighted by molar-refractivity contribution is 5.94. The minimum absolute atomic E-state index is 0.172. The zero-order valence-electron chi connectivity index (χ0n) is 14.7. The third-order valence-electron chi connectivity index (χ3n) is 3.73. The number of anilines is 2. The first kappa shape index (κ1) is 18.2. The Morgan fingerprint density at radius 3 is 2.19 bits per heavy atom. The lowest BCUT2D eigenvalue weighted by molar-refractivity contribution is -0.119. The molecule has 1 heterocycles. The largest absolute Gasteiger partial charge is 0.326 e. The van der Waals surface area contributed by atoms with Crippen molar-refractivity contribution in [3.05, 3.63) is 54.3 Å². The van der Waals surface area contributed by atoms with E-state index >= 15 is 0 Å². The van der Waals surface area contributed by atoms with Crippen LogP contribution in [0.25, 0.3) is 11.4 Å². The van der Waals surface area contributed by atoms with Gasteiger partial charge in [0, 0.05) is 23.9 Å². The molecule has 0 aliphatic heterocycles. The molecule has 0 fully saturated rings. The van der Waals surface area contributed by atoms with Crippen molar-refractivity contribution in [3.63, 3.8) is 0 Å². The molecule has 27 heavy (non-hydrogen) atoms.